The second-order valence-corrected chi connectivity index (χ2v) is 4.70. The van der Waals surface area contributed by atoms with Gasteiger partial charge in [0.25, 0.3) is 0 Å². The third-order valence-corrected chi connectivity index (χ3v) is 3.22. The number of carbonyl (C=O) groups is 1. The number of amides is 1. The molecule has 0 aliphatic rings. The highest BCUT2D eigenvalue weighted by atomic mass is 16.1. The van der Waals surface area contributed by atoms with E-state index in [-0.39, 0.29) is 17.9 Å². The van der Waals surface area contributed by atoms with Crippen LogP contribution in [0.5, 0.6) is 0 Å². The molecule has 0 fully saturated rings. The lowest BCUT2D eigenvalue weighted by atomic mass is 10.0. The van der Waals surface area contributed by atoms with Gasteiger partial charge in [0, 0.05) is 11.7 Å². The standard InChI is InChI=1S/C15H18N2O/c1-10(11(2)16)15(18)17-14-8-7-12-5-3-4-6-13(12)9-14/h3-11H,16H2,1-2H3,(H,17,18). The Bertz CT molecular complexity index is 563. The predicted octanol–water partition coefficient (Wildman–Crippen LogP) is 2.76. The number of hydrogen-bond acceptors (Lipinski definition) is 2. The molecule has 0 spiro atoms. The molecule has 0 saturated heterocycles. The van der Waals surface area contributed by atoms with Gasteiger partial charge in [0.2, 0.25) is 5.91 Å². The van der Waals surface area contributed by atoms with Gasteiger partial charge in [-0.05, 0) is 29.8 Å². The number of benzene rings is 2. The zero-order valence-electron chi connectivity index (χ0n) is 10.7. The second kappa shape index (κ2) is 5.19. The number of hydrogen-bond donors (Lipinski definition) is 2. The third-order valence-electron chi connectivity index (χ3n) is 3.22. The fourth-order valence-electron chi connectivity index (χ4n) is 1.76. The van der Waals surface area contributed by atoms with Crippen LogP contribution in [0.1, 0.15) is 13.8 Å². The molecule has 0 saturated carbocycles. The summed E-state index contributed by atoms with van der Waals surface area (Å²) in [6, 6.07) is 13.8. The Morgan fingerprint density at radius 1 is 1.11 bits per heavy atom. The minimum absolute atomic E-state index is 0.0414. The zero-order chi connectivity index (χ0) is 13.1. The van der Waals surface area contributed by atoms with E-state index in [1.165, 1.54) is 0 Å². The first kappa shape index (κ1) is 12.6. The molecule has 3 heteroatoms. The number of nitrogens with one attached hydrogen (secondary N) is 1. The Morgan fingerprint density at radius 2 is 1.78 bits per heavy atom. The number of fused-ring (bicyclic) bond motifs is 1. The van der Waals surface area contributed by atoms with Gasteiger partial charge in [0.05, 0.1) is 5.92 Å². The van der Waals surface area contributed by atoms with E-state index in [0.29, 0.717) is 0 Å². The van der Waals surface area contributed by atoms with Gasteiger partial charge in [-0.3, -0.25) is 4.79 Å². The molecule has 2 aromatic rings. The summed E-state index contributed by atoms with van der Waals surface area (Å²) < 4.78 is 0. The molecule has 94 valence electrons. The summed E-state index contributed by atoms with van der Waals surface area (Å²) in [5, 5.41) is 5.17. The van der Waals surface area contributed by atoms with Gasteiger partial charge in [-0.25, -0.2) is 0 Å². The lowest BCUT2D eigenvalue weighted by molar-refractivity contribution is -0.119. The van der Waals surface area contributed by atoms with Gasteiger partial charge >= 0.3 is 0 Å². The normalized spacial score (nSPS) is 14.2. The second-order valence-electron chi connectivity index (χ2n) is 4.70. The van der Waals surface area contributed by atoms with Crippen molar-refractivity contribution >= 4 is 22.4 Å². The predicted molar refractivity (Wildman–Crippen MR) is 75.4 cm³/mol. The Kier molecular flexibility index (Phi) is 3.63. The van der Waals surface area contributed by atoms with Crippen molar-refractivity contribution in [3.05, 3.63) is 42.5 Å². The number of anilines is 1. The maximum absolute atomic E-state index is 11.9. The van der Waals surface area contributed by atoms with Crippen molar-refractivity contribution in [1.82, 2.24) is 0 Å². The summed E-state index contributed by atoms with van der Waals surface area (Å²) in [4.78, 5) is 11.9. The van der Waals surface area contributed by atoms with Crippen LogP contribution in [0, 0.1) is 5.92 Å². The minimum atomic E-state index is -0.198. The van der Waals surface area contributed by atoms with E-state index in [9.17, 15) is 4.79 Å². The molecule has 18 heavy (non-hydrogen) atoms. The van der Waals surface area contributed by atoms with E-state index >= 15 is 0 Å². The fourth-order valence-corrected chi connectivity index (χ4v) is 1.76. The summed E-state index contributed by atoms with van der Waals surface area (Å²) in [5.74, 6) is -0.239. The lowest BCUT2D eigenvalue weighted by Crippen LogP contribution is -2.34. The van der Waals surface area contributed by atoms with Crippen molar-refractivity contribution < 1.29 is 4.79 Å². The van der Waals surface area contributed by atoms with Crippen molar-refractivity contribution in [3.63, 3.8) is 0 Å². The Labute approximate surface area is 107 Å². The molecule has 2 rings (SSSR count). The highest BCUT2D eigenvalue weighted by Gasteiger charge is 2.16. The van der Waals surface area contributed by atoms with E-state index in [0.717, 1.165) is 16.5 Å². The Morgan fingerprint density at radius 3 is 2.44 bits per heavy atom. The molecule has 3 nitrogen and oxygen atoms in total. The maximum Gasteiger partial charge on any atom is 0.228 e. The van der Waals surface area contributed by atoms with Crippen molar-refractivity contribution in [2.24, 2.45) is 11.7 Å². The molecule has 2 unspecified atom stereocenters. The average Bonchev–Trinajstić information content (AvgIpc) is 2.37. The van der Waals surface area contributed by atoms with Crippen LogP contribution in [0.2, 0.25) is 0 Å². The summed E-state index contributed by atoms with van der Waals surface area (Å²) in [7, 11) is 0. The Hall–Kier alpha value is -1.87. The van der Waals surface area contributed by atoms with Gasteiger partial charge in [-0.15, -0.1) is 0 Å². The number of rotatable bonds is 3. The molecular weight excluding hydrogens is 224 g/mol. The smallest absolute Gasteiger partial charge is 0.228 e. The van der Waals surface area contributed by atoms with Crippen LogP contribution in [0.25, 0.3) is 10.8 Å². The molecular formula is C15H18N2O. The van der Waals surface area contributed by atoms with Crippen LogP contribution in [0.3, 0.4) is 0 Å². The van der Waals surface area contributed by atoms with Crippen molar-refractivity contribution in [2.75, 3.05) is 5.32 Å². The number of carbonyl (C=O) groups excluding carboxylic acids is 1. The van der Waals surface area contributed by atoms with Crippen LogP contribution in [-0.2, 0) is 4.79 Å². The molecule has 2 aromatic carbocycles. The van der Waals surface area contributed by atoms with E-state index in [2.05, 4.69) is 5.32 Å². The monoisotopic (exact) mass is 242 g/mol. The molecule has 0 aromatic heterocycles. The SMILES string of the molecule is CC(N)C(C)C(=O)Nc1ccc2ccccc2c1. The average molecular weight is 242 g/mol. The van der Waals surface area contributed by atoms with Gasteiger partial charge in [-0.2, -0.15) is 0 Å². The topological polar surface area (TPSA) is 55.1 Å². The summed E-state index contributed by atoms with van der Waals surface area (Å²) >= 11 is 0. The quantitative estimate of drug-likeness (QED) is 0.869. The van der Waals surface area contributed by atoms with Crippen molar-refractivity contribution in [1.29, 1.82) is 0 Å². The van der Waals surface area contributed by atoms with E-state index in [4.69, 9.17) is 5.73 Å². The Balaban J connectivity index is 2.19. The lowest BCUT2D eigenvalue weighted by Gasteiger charge is -2.15. The molecule has 3 N–H and O–H groups in total. The van der Waals surface area contributed by atoms with Crippen LogP contribution in [0.15, 0.2) is 42.5 Å². The molecule has 0 heterocycles. The van der Waals surface area contributed by atoms with Crippen molar-refractivity contribution in [3.8, 4) is 0 Å². The summed E-state index contributed by atoms with van der Waals surface area (Å²) in [6.07, 6.45) is 0. The van der Waals surface area contributed by atoms with E-state index in [1.54, 1.807) is 0 Å². The highest BCUT2D eigenvalue weighted by Crippen LogP contribution is 2.19. The molecule has 1 amide bonds. The molecule has 0 aliphatic carbocycles. The van der Waals surface area contributed by atoms with Crippen molar-refractivity contribution in [2.45, 2.75) is 19.9 Å². The molecule has 0 aliphatic heterocycles. The van der Waals surface area contributed by atoms with Gasteiger partial charge in [0.1, 0.15) is 0 Å². The number of nitrogens with two attached hydrogens (primary N) is 1. The fraction of sp³-hybridized carbons (Fsp3) is 0.267. The van der Waals surface area contributed by atoms with E-state index in [1.807, 2.05) is 56.3 Å². The highest BCUT2D eigenvalue weighted by molar-refractivity contribution is 5.95. The first-order valence-electron chi connectivity index (χ1n) is 6.13. The molecule has 0 radical (unpaired) electrons. The van der Waals surface area contributed by atoms with Gasteiger partial charge in [-0.1, -0.05) is 37.3 Å². The first-order valence-corrected chi connectivity index (χ1v) is 6.13. The molecule has 0 bridgehead atoms. The summed E-state index contributed by atoms with van der Waals surface area (Å²) in [5.41, 5.74) is 6.53. The van der Waals surface area contributed by atoms with Gasteiger partial charge in [0.15, 0.2) is 0 Å². The zero-order valence-corrected chi connectivity index (χ0v) is 10.7. The summed E-state index contributed by atoms with van der Waals surface area (Å²) in [6.45, 7) is 3.67. The van der Waals surface area contributed by atoms with Gasteiger partial charge < -0.3 is 11.1 Å². The minimum Gasteiger partial charge on any atom is -0.327 e. The van der Waals surface area contributed by atoms with Crippen LogP contribution >= 0.6 is 0 Å². The first-order chi connectivity index (χ1) is 8.58. The van der Waals surface area contributed by atoms with Crippen LogP contribution in [-0.4, -0.2) is 11.9 Å². The largest absolute Gasteiger partial charge is 0.327 e. The van der Waals surface area contributed by atoms with Crippen LogP contribution in [0.4, 0.5) is 5.69 Å². The molecule has 2 atom stereocenters. The third kappa shape index (κ3) is 2.68. The maximum atomic E-state index is 11.9. The van der Waals surface area contributed by atoms with Crippen LogP contribution < -0.4 is 11.1 Å². The van der Waals surface area contributed by atoms with E-state index < -0.39 is 0 Å².